The molecule has 0 saturated heterocycles. The second-order valence-electron chi connectivity index (χ2n) is 6.31. The number of aromatic nitrogens is 2. The van der Waals surface area contributed by atoms with E-state index in [4.69, 9.17) is 9.97 Å². The second-order valence-corrected chi connectivity index (χ2v) is 6.31. The molecule has 0 spiro atoms. The van der Waals surface area contributed by atoms with Gasteiger partial charge in [0.1, 0.15) is 0 Å². The van der Waals surface area contributed by atoms with Crippen LogP contribution >= 0.6 is 0 Å². The van der Waals surface area contributed by atoms with Gasteiger partial charge in [0.15, 0.2) is 5.82 Å². The average molecular weight is 332 g/mol. The Labute approximate surface area is 151 Å². The number of nitrogens with zero attached hydrogens (tertiary/aromatic N) is 2. The smallest absolute Gasteiger partial charge is 0.160 e. The van der Waals surface area contributed by atoms with Crippen molar-refractivity contribution in [2.24, 2.45) is 0 Å². The van der Waals surface area contributed by atoms with E-state index in [-0.39, 0.29) is 0 Å². The largest absolute Gasteiger partial charge is 0.227 e. The molecular weight excluding hydrogens is 316 g/mol. The molecule has 5 aromatic rings. The maximum absolute atomic E-state index is 4.95. The minimum Gasteiger partial charge on any atom is -0.227 e. The fourth-order valence-corrected chi connectivity index (χ4v) is 3.40. The Morgan fingerprint density at radius 2 is 1.12 bits per heavy atom. The molecule has 5 rings (SSSR count). The maximum atomic E-state index is 4.95. The molecule has 0 radical (unpaired) electrons. The average Bonchev–Trinajstić information content (AvgIpc) is 2.74. The van der Waals surface area contributed by atoms with E-state index in [1.807, 2.05) is 36.4 Å². The monoisotopic (exact) mass is 332 g/mol. The van der Waals surface area contributed by atoms with Gasteiger partial charge < -0.3 is 0 Å². The Morgan fingerprint density at radius 1 is 0.462 bits per heavy atom. The van der Waals surface area contributed by atoms with Crippen LogP contribution in [-0.4, -0.2) is 9.97 Å². The predicted molar refractivity (Wildman–Crippen MR) is 108 cm³/mol. The maximum Gasteiger partial charge on any atom is 0.160 e. The van der Waals surface area contributed by atoms with E-state index < -0.39 is 0 Å². The molecule has 0 aliphatic heterocycles. The van der Waals surface area contributed by atoms with Crippen LogP contribution in [0.5, 0.6) is 0 Å². The van der Waals surface area contributed by atoms with Gasteiger partial charge >= 0.3 is 0 Å². The second kappa shape index (κ2) is 6.08. The van der Waals surface area contributed by atoms with Gasteiger partial charge in [-0.3, -0.25) is 0 Å². The highest BCUT2D eigenvalue weighted by atomic mass is 14.9. The molecule has 0 fully saturated rings. The molecule has 0 unspecified atom stereocenters. The summed E-state index contributed by atoms with van der Waals surface area (Å²) in [6.07, 6.45) is 0. The lowest BCUT2D eigenvalue weighted by Gasteiger charge is -2.11. The molecule has 0 amide bonds. The molecule has 4 aromatic carbocycles. The van der Waals surface area contributed by atoms with Crippen molar-refractivity contribution in [1.29, 1.82) is 0 Å². The highest BCUT2D eigenvalue weighted by Crippen LogP contribution is 2.32. The van der Waals surface area contributed by atoms with E-state index in [0.717, 1.165) is 38.9 Å². The summed E-state index contributed by atoms with van der Waals surface area (Å²) in [6.45, 7) is 0. The van der Waals surface area contributed by atoms with Crippen molar-refractivity contribution >= 4 is 21.7 Å². The van der Waals surface area contributed by atoms with Crippen LogP contribution in [0.1, 0.15) is 0 Å². The van der Waals surface area contributed by atoms with Crippen LogP contribution in [0.2, 0.25) is 0 Å². The summed E-state index contributed by atoms with van der Waals surface area (Å²) < 4.78 is 0. The summed E-state index contributed by atoms with van der Waals surface area (Å²) in [5, 5.41) is 3.42. The number of benzene rings is 4. The van der Waals surface area contributed by atoms with Crippen molar-refractivity contribution in [1.82, 2.24) is 9.97 Å². The topological polar surface area (TPSA) is 25.8 Å². The van der Waals surface area contributed by atoms with E-state index in [1.54, 1.807) is 0 Å². The fourth-order valence-electron chi connectivity index (χ4n) is 3.40. The minimum atomic E-state index is 0.758. The Kier molecular flexibility index (Phi) is 3.46. The minimum absolute atomic E-state index is 0.758. The van der Waals surface area contributed by atoms with Crippen molar-refractivity contribution in [2.75, 3.05) is 0 Å². The van der Waals surface area contributed by atoms with Gasteiger partial charge in [0.05, 0.1) is 11.2 Å². The lowest BCUT2D eigenvalue weighted by Crippen LogP contribution is -1.95. The molecule has 1 heterocycles. The van der Waals surface area contributed by atoms with Crippen LogP contribution in [0.15, 0.2) is 97.1 Å². The first-order valence-corrected chi connectivity index (χ1v) is 8.70. The van der Waals surface area contributed by atoms with E-state index in [0.29, 0.717) is 0 Å². The van der Waals surface area contributed by atoms with Crippen molar-refractivity contribution in [3.63, 3.8) is 0 Å². The number of hydrogen-bond donors (Lipinski definition) is 0. The zero-order valence-corrected chi connectivity index (χ0v) is 14.1. The van der Waals surface area contributed by atoms with Gasteiger partial charge in [0.25, 0.3) is 0 Å². The Hall–Kier alpha value is -3.52. The van der Waals surface area contributed by atoms with Gasteiger partial charge in [-0.25, -0.2) is 9.97 Å². The van der Waals surface area contributed by atoms with E-state index >= 15 is 0 Å². The van der Waals surface area contributed by atoms with Gasteiger partial charge in [0.2, 0.25) is 0 Å². The normalized spacial score (nSPS) is 11.1. The van der Waals surface area contributed by atoms with Crippen molar-refractivity contribution in [3.05, 3.63) is 97.1 Å². The molecule has 0 atom stereocenters. The summed E-state index contributed by atoms with van der Waals surface area (Å²) in [5.74, 6) is 0.758. The molecule has 2 nitrogen and oxygen atoms in total. The summed E-state index contributed by atoms with van der Waals surface area (Å²) >= 11 is 0. The highest BCUT2D eigenvalue weighted by Gasteiger charge is 2.13. The van der Waals surface area contributed by atoms with Crippen LogP contribution in [0.25, 0.3) is 44.3 Å². The Morgan fingerprint density at radius 3 is 1.88 bits per heavy atom. The molecule has 0 N–H and O–H groups in total. The Bertz CT molecular complexity index is 1210. The lowest BCUT2D eigenvalue weighted by molar-refractivity contribution is 1.23. The molecule has 0 saturated carbocycles. The Balaban J connectivity index is 1.91. The SMILES string of the molecule is c1ccc(-c2nc(-c3ccccc3)c3ccc4ccccc4c3n2)cc1. The molecule has 26 heavy (non-hydrogen) atoms. The molecule has 0 aliphatic rings. The molecule has 0 aliphatic carbocycles. The van der Waals surface area contributed by atoms with Crippen molar-refractivity contribution in [2.45, 2.75) is 0 Å². The van der Waals surface area contributed by atoms with E-state index in [9.17, 15) is 0 Å². The van der Waals surface area contributed by atoms with Gasteiger partial charge in [-0.15, -0.1) is 0 Å². The molecule has 1 aromatic heterocycles. The predicted octanol–water partition coefficient (Wildman–Crippen LogP) is 6.12. The van der Waals surface area contributed by atoms with Crippen molar-refractivity contribution < 1.29 is 0 Å². The molecule has 2 heteroatoms. The first kappa shape index (κ1) is 14.8. The van der Waals surface area contributed by atoms with Gasteiger partial charge in [-0.2, -0.15) is 0 Å². The summed E-state index contributed by atoms with van der Waals surface area (Å²) in [5.41, 5.74) is 4.10. The van der Waals surface area contributed by atoms with Gasteiger partial charge in [0, 0.05) is 21.9 Å². The first-order chi connectivity index (χ1) is 12.9. The third kappa shape index (κ3) is 2.44. The summed E-state index contributed by atoms with van der Waals surface area (Å²) in [4.78, 5) is 9.89. The number of hydrogen-bond acceptors (Lipinski definition) is 2. The number of fused-ring (bicyclic) bond motifs is 3. The third-order valence-electron chi connectivity index (χ3n) is 4.67. The molecular formula is C24H16N2. The number of rotatable bonds is 2. The summed E-state index contributed by atoms with van der Waals surface area (Å²) in [7, 11) is 0. The van der Waals surface area contributed by atoms with Crippen LogP contribution in [0, 0.1) is 0 Å². The first-order valence-electron chi connectivity index (χ1n) is 8.70. The van der Waals surface area contributed by atoms with Crippen LogP contribution < -0.4 is 0 Å². The zero-order chi connectivity index (χ0) is 17.3. The zero-order valence-electron chi connectivity index (χ0n) is 14.1. The van der Waals surface area contributed by atoms with E-state index in [2.05, 4.69) is 60.7 Å². The van der Waals surface area contributed by atoms with E-state index in [1.165, 1.54) is 5.39 Å². The quantitative estimate of drug-likeness (QED) is 0.364. The third-order valence-corrected chi connectivity index (χ3v) is 4.67. The van der Waals surface area contributed by atoms with Gasteiger partial charge in [-0.1, -0.05) is 91.0 Å². The van der Waals surface area contributed by atoms with Crippen LogP contribution in [0.4, 0.5) is 0 Å². The molecule has 122 valence electrons. The van der Waals surface area contributed by atoms with Gasteiger partial charge in [-0.05, 0) is 11.5 Å². The lowest BCUT2D eigenvalue weighted by atomic mass is 10.0. The fraction of sp³-hybridized carbons (Fsp3) is 0. The summed E-state index contributed by atoms with van der Waals surface area (Å²) in [6, 6.07) is 33.2. The molecule has 0 bridgehead atoms. The standard InChI is InChI=1S/C24H16N2/c1-3-10-18(11-4-1)22-21-16-15-17-9-7-8-14-20(17)23(21)26-24(25-22)19-12-5-2-6-13-19/h1-16H. The van der Waals surface area contributed by atoms with Crippen LogP contribution in [-0.2, 0) is 0 Å². The van der Waals surface area contributed by atoms with Crippen molar-refractivity contribution in [3.8, 4) is 22.6 Å². The van der Waals surface area contributed by atoms with Crippen LogP contribution in [0.3, 0.4) is 0 Å². The highest BCUT2D eigenvalue weighted by molar-refractivity contribution is 6.09.